The Labute approximate surface area is 113 Å². The SMILES string of the molecule is COc1ccc(Cn2cccc2C(C)N)cc1OC. The van der Waals surface area contributed by atoms with E-state index >= 15 is 0 Å². The van der Waals surface area contributed by atoms with E-state index in [4.69, 9.17) is 15.2 Å². The smallest absolute Gasteiger partial charge is 0.161 e. The van der Waals surface area contributed by atoms with Gasteiger partial charge in [-0.25, -0.2) is 0 Å². The van der Waals surface area contributed by atoms with Gasteiger partial charge in [-0.15, -0.1) is 0 Å². The van der Waals surface area contributed by atoms with Gasteiger partial charge in [0.05, 0.1) is 14.2 Å². The lowest BCUT2D eigenvalue weighted by atomic mass is 10.2. The molecule has 0 spiro atoms. The maximum absolute atomic E-state index is 5.95. The molecule has 0 amide bonds. The topological polar surface area (TPSA) is 49.4 Å². The van der Waals surface area contributed by atoms with Gasteiger partial charge < -0.3 is 19.8 Å². The van der Waals surface area contributed by atoms with Crippen LogP contribution in [-0.2, 0) is 6.54 Å². The fourth-order valence-corrected chi connectivity index (χ4v) is 2.16. The van der Waals surface area contributed by atoms with Gasteiger partial charge in [0, 0.05) is 24.5 Å². The molecule has 0 bridgehead atoms. The monoisotopic (exact) mass is 260 g/mol. The Kier molecular flexibility index (Phi) is 4.12. The highest BCUT2D eigenvalue weighted by Crippen LogP contribution is 2.28. The van der Waals surface area contributed by atoms with E-state index in [1.165, 1.54) is 0 Å². The number of nitrogens with zero attached hydrogens (tertiary/aromatic N) is 1. The number of aromatic nitrogens is 1. The quantitative estimate of drug-likeness (QED) is 0.899. The molecule has 102 valence electrons. The summed E-state index contributed by atoms with van der Waals surface area (Å²) in [6, 6.07) is 10.0. The van der Waals surface area contributed by atoms with Crippen molar-refractivity contribution in [3.8, 4) is 11.5 Å². The van der Waals surface area contributed by atoms with E-state index in [0.29, 0.717) is 0 Å². The van der Waals surface area contributed by atoms with E-state index in [9.17, 15) is 0 Å². The molecule has 0 aliphatic heterocycles. The molecular formula is C15H20N2O2. The second kappa shape index (κ2) is 5.80. The average molecular weight is 260 g/mol. The van der Waals surface area contributed by atoms with Gasteiger partial charge in [0.2, 0.25) is 0 Å². The van der Waals surface area contributed by atoms with Crippen LogP contribution in [0.4, 0.5) is 0 Å². The van der Waals surface area contributed by atoms with Gasteiger partial charge in [0.15, 0.2) is 11.5 Å². The fraction of sp³-hybridized carbons (Fsp3) is 0.333. The van der Waals surface area contributed by atoms with E-state index in [0.717, 1.165) is 29.3 Å². The molecule has 1 atom stereocenters. The van der Waals surface area contributed by atoms with Crippen LogP contribution in [0.25, 0.3) is 0 Å². The lowest BCUT2D eigenvalue weighted by molar-refractivity contribution is 0.354. The van der Waals surface area contributed by atoms with E-state index in [1.807, 2.05) is 43.5 Å². The fourth-order valence-electron chi connectivity index (χ4n) is 2.16. The van der Waals surface area contributed by atoms with Gasteiger partial charge in [-0.3, -0.25) is 0 Å². The molecule has 1 aromatic heterocycles. The number of benzene rings is 1. The maximum Gasteiger partial charge on any atom is 0.161 e. The zero-order valence-corrected chi connectivity index (χ0v) is 11.6. The molecule has 2 aromatic rings. The number of rotatable bonds is 5. The number of hydrogen-bond donors (Lipinski definition) is 1. The molecule has 4 heteroatoms. The van der Waals surface area contributed by atoms with E-state index in [-0.39, 0.29) is 6.04 Å². The first-order chi connectivity index (χ1) is 9.15. The van der Waals surface area contributed by atoms with Gasteiger partial charge in [-0.05, 0) is 36.8 Å². The summed E-state index contributed by atoms with van der Waals surface area (Å²) in [5.41, 5.74) is 8.22. The lowest BCUT2D eigenvalue weighted by Gasteiger charge is -2.14. The van der Waals surface area contributed by atoms with E-state index in [1.54, 1.807) is 14.2 Å². The van der Waals surface area contributed by atoms with Crippen molar-refractivity contribution in [3.63, 3.8) is 0 Å². The van der Waals surface area contributed by atoms with Crippen molar-refractivity contribution in [1.29, 1.82) is 0 Å². The van der Waals surface area contributed by atoms with Crippen LogP contribution in [0.5, 0.6) is 11.5 Å². The van der Waals surface area contributed by atoms with Crippen LogP contribution < -0.4 is 15.2 Å². The van der Waals surface area contributed by atoms with Gasteiger partial charge in [-0.2, -0.15) is 0 Å². The summed E-state index contributed by atoms with van der Waals surface area (Å²) >= 11 is 0. The second-order valence-electron chi connectivity index (χ2n) is 4.54. The molecule has 1 heterocycles. The van der Waals surface area contributed by atoms with Gasteiger partial charge in [0.1, 0.15) is 0 Å². The highest BCUT2D eigenvalue weighted by atomic mass is 16.5. The van der Waals surface area contributed by atoms with Crippen molar-refractivity contribution in [1.82, 2.24) is 4.57 Å². The normalized spacial score (nSPS) is 12.2. The Hall–Kier alpha value is -1.94. The molecule has 0 saturated heterocycles. The maximum atomic E-state index is 5.95. The minimum atomic E-state index is 0.0233. The Morgan fingerprint density at radius 2 is 1.89 bits per heavy atom. The molecule has 2 N–H and O–H groups in total. The summed E-state index contributed by atoms with van der Waals surface area (Å²) in [4.78, 5) is 0. The minimum absolute atomic E-state index is 0.0233. The molecule has 0 saturated carbocycles. The van der Waals surface area contributed by atoms with Gasteiger partial charge >= 0.3 is 0 Å². The highest BCUT2D eigenvalue weighted by molar-refractivity contribution is 5.43. The highest BCUT2D eigenvalue weighted by Gasteiger charge is 2.08. The molecular weight excluding hydrogens is 240 g/mol. The summed E-state index contributed by atoms with van der Waals surface area (Å²) < 4.78 is 12.7. The largest absolute Gasteiger partial charge is 0.493 e. The molecule has 19 heavy (non-hydrogen) atoms. The van der Waals surface area contributed by atoms with Crippen LogP contribution in [0.1, 0.15) is 24.2 Å². The molecule has 0 aliphatic rings. The van der Waals surface area contributed by atoms with E-state index < -0.39 is 0 Å². The molecule has 4 nitrogen and oxygen atoms in total. The second-order valence-corrected chi connectivity index (χ2v) is 4.54. The zero-order chi connectivity index (χ0) is 13.8. The summed E-state index contributed by atoms with van der Waals surface area (Å²) in [7, 11) is 3.28. The molecule has 1 aromatic carbocycles. The molecule has 1 unspecified atom stereocenters. The van der Waals surface area contributed by atoms with Crippen LogP contribution in [0.15, 0.2) is 36.5 Å². The number of methoxy groups -OCH3 is 2. The van der Waals surface area contributed by atoms with Crippen molar-refractivity contribution >= 4 is 0 Å². The first-order valence-corrected chi connectivity index (χ1v) is 6.27. The Balaban J connectivity index is 2.26. The average Bonchev–Trinajstić information content (AvgIpc) is 2.87. The van der Waals surface area contributed by atoms with Crippen molar-refractivity contribution in [3.05, 3.63) is 47.8 Å². The Bertz CT molecular complexity index is 547. The Morgan fingerprint density at radius 1 is 1.16 bits per heavy atom. The number of nitrogens with two attached hydrogens (primary N) is 1. The molecule has 2 rings (SSSR count). The van der Waals surface area contributed by atoms with Crippen molar-refractivity contribution < 1.29 is 9.47 Å². The molecule has 0 fully saturated rings. The third-order valence-electron chi connectivity index (χ3n) is 3.13. The van der Waals surface area contributed by atoms with E-state index in [2.05, 4.69) is 4.57 Å². The van der Waals surface area contributed by atoms with Crippen molar-refractivity contribution in [2.75, 3.05) is 14.2 Å². The van der Waals surface area contributed by atoms with Gasteiger partial charge in [-0.1, -0.05) is 6.07 Å². The van der Waals surface area contributed by atoms with Crippen molar-refractivity contribution in [2.45, 2.75) is 19.5 Å². The minimum Gasteiger partial charge on any atom is -0.493 e. The first kappa shape index (κ1) is 13.5. The summed E-state index contributed by atoms with van der Waals surface area (Å²) in [6.45, 7) is 2.75. The summed E-state index contributed by atoms with van der Waals surface area (Å²) in [5.74, 6) is 1.49. The van der Waals surface area contributed by atoms with Crippen molar-refractivity contribution in [2.24, 2.45) is 5.73 Å². The van der Waals surface area contributed by atoms with Gasteiger partial charge in [0.25, 0.3) is 0 Å². The van der Waals surface area contributed by atoms with Crippen LogP contribution >= 0.6 is 0 Å². The lowest BCUT2D eigenvalue weighted by Crippen LogP contribution is -2.12. The third kappa shape index (κ3) is 2.90. The van der Waals surface area contributed by atoms with Crippen LogP contribution in [0.3, 0.4) is 0 Å². The van der Waals surface area contributed by atoms with Crippen LogP contribution in [0, 0.1) is 0 Å². The Morgan fingerprint density at radius 3 is 2.53 bits per heavy atom. The predicted molar refractivity (Wildman–Crippen MR) is 75.7 cm³/mol. The third-order valence-corrected chi connectivity index (χ3v) is 3.13. The zero-order valence-electron chi connectivity index (χ0n) is 11.6. The summed E-state index contributed by atoms with van der Waals surface area (Å²) in [5, 5.41) is 0. The van der Waals surface area contributed by atoms with Crippen LogP contribution in [-0.4, -0.2) is 18.8 Å². The standard InChI is InChI=1S/C15H20N2O2/c1-11(16)13-5-4-8-17(13)10-12-6-7-14(18-2)15(9-12)19-3/h4-9,11H,10,16H2,1-3H3. The first-order valence-electron chi connectivity index (χ1n) is 6.27. The van der Waals surface area contributed by atoms with Crippen LogP contribution in [0.2, 0.25) is 0 Å². The predicted octanol–water partition coefficient (Wildman–Crippen LogP) is 2.57. The molecule has 0 aliphatic carbocycles. The molecule has 0 radical (unpaired) electrons. The summed E-state index contributed by atoms with van der Waals surface area (Å²) in [6.07, 6.45) is 2.04. The number of ether oxygens (including phenoxy) is 2. The number of hydrogen-bond acceptors (Lipinski definition) is 3.